The number of amides is 2. The SMILES string of the molecule is CCOc1ccc(NC(=O)NC2CCCCC2)cn1. The van der Waals surface area contributed by atoms with Crippen molar-refractivity contribution in [1.82, 2.24) is 10.3 Å². The van der Waals surface area contributed by atoms with Gasteiger partial charge in [0.05, 0.1) is 18.5 Å². The van der Waals surface area contributed by atoms with Crippen molar-refractivity contribution in [1.29, 1.82) is 0 Å². The third-order valence-electron chi connectivity index (χ3n) is 3.23. The Labute approximate surface area is 113 Å². The molecule has 0 atom stereocenters. The van der Waals surface area contributed by atoms with Gasteiger partial charge in [-0.1, -0.05) is 19.3 Å². The lowest BCUT2D eigenvalue weighted by Crippen LogP contribution is -2.39. The molecule has 0 saturated heterocycles. The molecule has 5 nitrogen and oxygen atoms in total. The van der Waals surface area contributed by atoms with Crippen LogP contribution in [0.4, 0.5) is 10.5 Å². The van der Waals surface area contributed by atoms with Gasteiger partial charge < -0.3 is 15.4 Å². The summed E-state index contributed by atoms with van der Waals surface area (Å²) in [6, 6.07) is 3.69. The second-order valence-electron chi connectivity index (χ2n) is 4.75. The van der Waals surface area contributed by atoms with Gasteiger partial charge in [0.15, 0.2) is 0 Å². The van der Waals surface area contributed by atoms with Crippen LogP contribution in [-0.4, -0.2) is 23.7 Å². The third-order valence-corrected chi connectivity index (χ3v) is 3.23. The van der Waals surface area contributed by atoms with Crippen molar-refractivity contribution in [3.8, 4) is 5.88 Å². The van der Waals surface area contributed by atoms with Crippen molar-refractivity contribution in [3.05, 3.63) is 18.3 Å². The zero-order chi connectivity index (χ0) is 13.5. The smallest absolute Gasteiger partial charge is 0.319 e. The van der Waals surface area contributed by atoms with Crippen LogP contribution in [0.3, 0.4) is 0 Å². The Morgan fingerprint density at radius 3 is 2.79 bits per heavy atom. The summed E-state index contributed by atoms with van der Waals surface area (Å²) in [7, 11) is 0. The van der Waals surface area contributed by atoms with E-state index in [1.54, 1.807) is 18.3 Å². The highest BCUT2D eigenvalue weighted by Crippen LogP contribution is 2.17. The van der Waals surface area contributed by atoms with Gasteiger partial charge in [-0.25, -0.2) is 9.78 Å². The molecule has 0 unspecified atom stereocenters. The number of nitrogens with one attached hydrogen (secondary N) is 2. The molecule has 104 valence electrons. The molecule has 2 rings (SSSR count). The monoisotopic (exact) mass is 263 g/mol. The highest BCUT2D eigenvalue weighted by atomic mass is 16.5. The topological polar surface area (TPSA) is 63.2 Å². The van der Waals surface area contributed by atoms with E-state index in [4.69, 9.17) is 4.74 Å². The van der Waals surface area contributed by atoms with Crippen LogP contribution in [0.1, 0.15) is 39.0 Å². The number of ether oxygens (including phenoxy) is 1. The second kappa shape index (κ2) is 6.97. The molecule has 2 N–H and O–H groups in total. The highest BCUT2D eigenvalue weighted by molar-refractivity contribution is 5.89. The number of hydrogen-bond donors (Lipinski definition) is 2. The summed E-state index contributed by atoms with van der Waals surface area (Å²) in [5, 5.41) is 5.79. The van der Waals surface area contributed by atoms with E-state index in [2.05, 4.69) is 15.6 Å². The van der Waals surface area contributed by atoms with Gasteiger partial charge in [0.2, 0.25) is 5.88 Å². The van der Waals surface area contributed by atoms with Crippen molar-refractivity contribution in [3.63, 3.8) is 0 Å². The van der Waals surface area contributed by atoms with E-state index in [0.29, 0.717) is 24.2 Å². The van der Waals surface area contributed by atoms with E-state index >= 15 is 0 Å². The Hall–Kier alpha value is -1.78. The van der Waals surface area contributed by atoms with E-state index in [1.165, 1.54) is 19.3 Å². The fourth-order valence-electron chi connectivity index (χ4n) is 2.29. The Kier molecular flexibility index (Phi) is 5.01. The standard InChI is InChI=1S/C14H21N3O2/c1-2-19-13-9-8-12(10-15-13)17-14(18)16-11-6-4-3-5-7-11/h8-11H,2-7H2,1H3,(H2,16,17,18). The van der Waals surface area contributed by atoms with Crippen molar-refractivity contribution < 1.29 is 9.53 Å². The zero-order valence-electron chi connectivity index (χ0n) is 11.3. The number of rotatable bonds is 4. The summed E-state index contributed by atoms with van der Waals surface area (Å²) in [4.78, 5) is 15.9. The molecule has 5 heteroatoms. The summed E-state index contributed by atoms with van der Waals surface area (Å²) in [6.45, 7) is 2.49. The van der Waals surface area contributed by atoms with Crippen molar-refractivity contribution in [2.45, 2.75) is 45.1 Å². The van der Waals surface area contributed by atoms with Crippen LogP contribution in [0, 0.1) is 0 Å². The van der Waals surface area contributed by atoms with E-state index in [1.807, 2.05) is 6.92 Å². The molecule has 1 aliphatic carbocycles. The first kappa shape index (κ1) is 13.6. The first-order chi connectivity index (χ1) is 9.28. The average Bonchev–Trinajstić information content (AvgIpc) is 2.42. The predicted octanol–water partition coefficient (Wildman–Crippen LogP) is 2.93. The number of nitrogens with zero attached hydrogens (tertiary/aromatic N) is 1. The van der Waals surface area contributed by atoms with Crippen molar-refractivity contribution in [2.75, 3.05) is 11.9 Å². The molecule has 0 radical (unpaired) electrons. The molecule has 1 heterocycles. The number of carbonyl (C=O) groups excluding carboxylic acids is 1. The minimum Gasteiger partial charge on any atom is -0.478 e. The zero-order valence-corrected chi connectivity index (χ0v) is 11.3. The Balaban J connectivity index is 1.80. The first-order valence-electron chi connectivity index (χ1n) is 6.94. The summed E-state index contributed by atoms with van der Waals surface area (Å²) in [5.74, 6) is 0.570. The molecular weight excluding hydrogens is 242 g/mol. The van der Waals surface area contributed by atoms with E-state index in [0.717, 1.165) is 12.8 Å². The maximum absolute atomic E-state index is 11.8. The normalized spacial score (nSPS) is 15.8. The van der Waals surface area contributed by atoms with Crippen LogP contribution >= 0.6 is 0 Å². The van der Waals surface area contributed by atoms with Crippen LogP contribution in [0.15, 0.2) is 18.3 Å². The summed E-state index contributed by atoms with van der Waals surface area (Å²) in [5.41, 5.74) is 0.678. The van der Waals surface area contributed by atoms with Gasteiger partial charge in [-0.05, 0) is 25.8 Å². The lowest BCUT2D eigenvalue weighted by molar-refractivity contribution is 0.244. The minimum absolute atomic E-state index is 0.155. The Morgan fingerprint density at radius 1 is 1.37 bits per heavy atom. The molecule has 1 saturated carbocycles. The molecule has 0 aliphatic heterocycles. The van der Waals surface area contributed by atoms with Crippen molar-refractivity contribution in [2.24, 2.45) is 0 Å². The maximum Gasteiger partial charge on any atom is 0.319 e. The molecule has 2 amide bonds. The molecule has 0 bridgehead atoms. The predicted molar refractivity (Wildman–Crippen MR) is 74.4 cm³/mol. The van der Waals surface area contributed by atoms with E-state index in [-0.39, 0.29) is 6.03 Å². The molecule has 0 spiro atoms. The quantitative estimate of drug-likeness (QED) is 0.878. The van der Waals surface area contributed by atoms with Crippen LogP contribution in [0.5, 0.6) is 5.88 Å². The molecule has 1 fully saturated rings. The maximum atomic E-state index is 11.8. The first-order valence-corrected chi connectivity index (χ1v) is 6.94. The van der Waals surface area contributed by atoms with Gasteiger partial charge in [0.25, 0.3) is 0 Å². The summed E-state index contributed by atoms with van der Waals surface area (Å²) < 4.78 is 5.25. The van der Waals surface area contributed by atoms with Gasteiger partial charge in [0, 0.05) is 12.1 Å². The fraction of sp³-hybridized carbons (Fsp3) is 0.571. The number of aromatic nitrogens is 1. The van der Waals surface area contributed by atoms with E-state index in [9.17, 15) is 4.79 Å². The van der Waals surface area contributed by atoms with Crippen LogP contribution in [0.2, 0.25) is 0 Å². The van der Waals surface area contributed by atoms with Crippen LogP contribution in [-0.2, 0) is 0 Å². The lowest BCUT2D eigenvalue weighted by Gasteiger charge is -2.22. The second-order valence-corrected chi connectivity index (χ2v) is 4.75. The molecule has 19 heavy (non-hydrogen) atoms. The number of carbonyl (C=O) groups is 1. The molecular formula is C14H21N3O2. The summed E-state index contributed by atoms with van der Waals surface area (Å²) >= 11 is 0. The van der Waals surface area contributed by atoms with Gasteiger partial charge >= 0.3 is 6.03 Å². The molecule has 1 aromatic rings. The van der Waals surface area contributed by atoms with Gasteiger partial charge in [0.1, 0.15) is 0 Å². The Bertz CT molecular complexity index is 400. The van der Waals surface area contributed by atoms with Crippen molar-refractivity contribution >= 4 is 11.7 Å². The minimum atomic E-state index is -0.155. The number of urea groups is 1. The third kappa shape index (κ3) is 4.43. The Morgan fingerprint density at radius 2 is 2.16 bits per heavy atom. The van der Waals surface area contributed by atoms with Crippen LogP contribution in [0.25, 0.3) is 0 Å². The molecule has 1 aliphatic rings. The number of hydrogen-bond acceptors (Lipinski definition) is 3. The van der Waals surface area contributed by atoms with Gasteiger partial charge in [-0.3, -0.25) is 0 Å². The molecule has 0 aromatic carbocycles. The fourth-order valence-corrected chi connectivity index (χ4v) is 2.29. The number of pyridine rings is 1. The van der Waals surface area contributed by atoms with Gasteiger partial charge in [-0.15, -0.1) is 0 Å². The van der Waals surface area contributed by atoms with Gasteiger partial charge in [-0.2, -0.15) is 0 Å². The highest BCUT2D eigenvalue weighted by Gasteiger charge is 2.15. The molecule has 1 aromatic heterocycles. The lowest BCUT2D eigenvalue weighted by atomic mass is 9.96. The average molecular weight is 263 g/mol. The number of anilines is 1. The summed E-state index contributed by atoms with van der Waals surface area (Å²) in [6.07, 6.45) is 7.45. The largest absolute Gasteiger partial charge is 0.478 e. The van der Waals surface area contributed by atoms with E-state index < -0.39 is 0 Å². The van der Waals surface area contributed by atoms with Crippen LogP contribution < -0.4 is 15.4 Å².